The van der Waals surface area contributed by atoms with Gasteiger partial charge in [-0.2, -0.15) is 0 Å². The van der Waals surface area contributed by atoms with E-state index in [1.807, 2.05) is 4.90 Å². The largest absolute Gasteiger partial charge is 0.495 e. The SMILES string of the molecule is COc1ccc(Cl)cc1NC(=O)C1CC(=O)N(C2CCCC2)C1. The molecule has 3 rings (SSSR count). The second kappa shape index (κ2) is 6.79. The number of benzene rings is 1. The number of hydrogen-bond donors (Lipinski definition) is 1. The Kier molecular flexibility index (Phi) is 4.76. The molecule has 1 saturated heterocycles. The highest BCUT2D eigenvalue weighted by Gasteiger charge is 2.38. The first-order valence-electron chi connectivity index (χ1n) is 8.02. The summed E-state index contributed by atoms with van der Waals surface area (Å²) in [7, 11) is 1.54. The van der Waals surface area contributed by atoms with Crippen molar-refractivity contribution in [2.45, 2.75) is 38.1 Å². The second-order valence-electron chi connectivity index (χ2n) is 6.22. The Bertz CT molecular complexity index is 614. The first-order chi connectivity index (χ1) is 11.1. The van der Waals surface area contributed by atoms with E-state index in [2.05, 4.69) is 5.32 Å². The Morgan fingerprint density at radius 1 is 1.35 bits per heavy atom. The van der Waals surface area contributed by atoms with Crippen LogP contribution in [-0.2, 0) is 9.59 Å². The van der Waals surface area contributed by atoms with Gasteiger partial charge in [0.25, 0.3) is 0 Å². The molecule has 1 unspecified atom stereocenters. The van der Waals surface area contributed by atoms with Crippen LogP contribution >= 0.6 is 11.6 Å². The van der Waals surface area contributed by atoms with Gasteiger partial charge in [-0.25, -0.2) is 0 Å². The molecule has 5 nitrogen and oxygen atoms in total. The van der Waals surface area contributed by atoms with Crippen molar-refractivity contribution >= 4 is 29.1 Å². The lowest BCUT2D eigenvalue weighted by atomic mass is 10.1. The van der Waals surface area contributed by atoms with Gasteiger partial charge in [-0.1, -0.05) is 24.4 Å². The van der Waals surface area contributed by atoms with Crippen molar-refractivity contribution in [2.75, 3.05) is 19.0 Å². The van der Waals surface area contributed by atoms with E-state index in [0.29, 0.717) is 29.0 Å². The lowest BCUT2D eigenvalue weighted by Gasteiger charge is -2.24. The third-order valence-electron chi connectivity index (χ3n) is 4.71. The van der Waals surface area contributed by atoms with Gasteiger partial charge in [-0.3, -0.25) is 9.59 Å². The van der Waals surface area contributed by atoms with Crippen LogP contribution in [0.3, 0.4) is 0 Å². The fraction of sp³-hybridized carbons (Fsp3) is 0.529. The Hall–Kier alpha value is -1.75. The minimum absolute atomic E-state index is 0.0927. The predicted octanol–water partition coefficient (Wildman–Crippen LogP) is 3.08. The summed E-state index contributed by atoms with van der Waals surface area (Å²) in [5.41, 5.74) is 0.539. The molecule has 1 aliphatic carbocycles. The molecule has 0 bridgehead atoms. The van der Waals surface area contributed by atoms with Crippen LogP contribution in [0.4, 0.5) is 5.69 Å². The average Bonchev–Trinajstić information content (AvgIpc) is 3.16. The Morgan fingerprint density at radius 2 is 2.09 bits per heavy atom. The third kappa shape index (κ3) is 3.44. The predicted molar refractivity (Wildman–Crippen MR) is 88.7 cm³/mol. The summed E-state index contributed by atoms with van der Waals surface area (Å²) >= 11 is 5.98. The van der Waals surface area contributed by atoms with E-state index in [0.717, 1.165) is 12.8 Å². The van der Waals surface area contributed by atoms with Crippen molar-refractivity contribution in [3.05, 3.63) is 23.2 Å². The number of nitrogens with one attached hydrogen (secondary N) is 1. The summed E-state index contributed by atoms with van der Waals surface area (Å²) in [5, 5.41) is 3.37. The van der Waals surface area contributed by atoms with Crippen molar-refractivity contribution < 1.29 is 14.3 Å². The van der Waals surface area contributed by atoms with E-state index in [-0.39, 0.29) is 24.2 Å². The van der Waals surface area contributed by atoms with E-state index in [1.165, 1.54) is 12.8 Å². The van der Waals surface area contributed by atoms with Gasteiger partial charge in [0.15, 0.2) is 0 Å². The van der Waals surface area contributed by atoms with Gasteiger partial charge in [0.2, 0.25) is 11.8 Å². The normalized spacial score (nSPS) is 21.7. The number of amides is 2. The molecule has 1 aliphatic heterocycles. The number of likely N-dealkylation sites (tertiary alicyclic amines) is 1. The first kappa shape index (κ1) is 16.1. The molecule has 1 saturated carbocycles. The van der Waals surface area contributed by atoms with Crippen LogP contribution in [0.25, 0.3) is 0 Å². The molecule has 1 N–H and O–H groups in total. The molecule has 0 spiro atoms. The Morgan fingerprint density at radius 3 is 2.78 bits per heavy atom. The average molecular weight is 337 g/mol. The zero-order chi connectivity index (χ0) is 16.4. The molecule has 2 amide bonds. The lowest BCUT2D eigenvalue weighted by molar-refractivity contribution is -0.129. The minimum Gasteiger partial charge on any atom is -0.495 e. The summed E-state index contributed by atoms with van der Waals surface area (Å²) < 4.78 is 5.24. The topological polar surface area (TPSA) is 58.6 Å². The number of anilines is 1. The molecule has 1 heterocycles. The van der Waals surface area contributed by atoms with Crippen LogP contribution in [0.5, 0.6) is 5.75 Å². The molecular formula is C17H21ClN2O3. The standard InChI is InChI=1S/C17H21ClN2O3/c1-23-15-7-6-12(18)9-14(15)19-17(22)11-8-16(21)20(10-11)13-4-2-3-5-13/h6-7,9,11,13H,2-5,8,10H2,1H3,(H,19,22). The van der Waals surface area contributed by atoms with Crippen LogP contribution in [0.1, 0.15) is 32.1 Å². The van der Waals surface area contributed by atoms with Gasteiger partial charge in [-0.15, -0.1) is 0 Å². The molecule has 2 fully saturated rings. The summed E-state index contributed by atoms with van der Waals surface area (Å²) in [6.45, 7) is 0.512. The van der Waals surface area contributed by atoms with E-state index in [9.17, 15) is 9.59 Å². The van der Waals surface area contributed by atoms with Crippen molar-refractivity contribution in [1.82, 2.24) is 4.90 Å². The summed E-state index contributed by atoms with van der Waals surface area (Å²) in [6.07, 6.45) is 4.74. The van der Waals surface area contributed by atoms with E-state index in [1.54, 1.807) is 25.3 Å². The smallest absolute Gasteiger partial charge is 0.229 e. The molecule has 6 heteroatoms. The number of hydrogen-bond acceptors (Lipinski definition) is 3. The van der Waals surface area contributed by atoms with Crippen molar-refractivity contribution in [1.29, 1.82) is 0 Å². The van der Waals surface area contributed by atoms with Gasteiger partial charge < -0.3 is 15.0 Å². The van der Waals surface area contributed by atoms with Crippen LogP contribution in [-0.4, -0.2) is 36.4 Å². The quantitative estimate of drug-likeness (QED) is 0.919. The zero-order valence-corrected chi connectivity index (χ0v) is 13.9. The summed E-state index contributed by atoms with van der Waals surface area (Å²) in [6, 6.07) is 5.39. The fourth-order valence-corrected chi connectivity index (χ4v) is 3.66. The number of methoxy groups -OCH3 is 1. The number of carbonyl (C=O) groups is 2. The number of ether oxygens (including phenoxy) is 1. The fourth-order valence-electron chi connectivity index (χ4n) is 3.49. The molecule has 0 aromatic heterocycles. The van der Waals surface area contributed by atoms with Gasteiger partial charge >= 0.3 is 0 Å². The van der Waals surface area contributed by atoms with E-state index in [4.69, 9.17) is 16.3 Å². The molecule has 124 valence electrons. The molecule has 1 aromatic carbocycles. The Labute approximate surface area is 140 Å². The lowest BCUT2D eigenvalue weighted by Crippen LogP contribution is -2.35. The third-order valence-corrected chi connectivity index (χ3v) is 4.95. The number of nitrogens with zero attached hydrogens (tertiary/aromatic N) is 1. The molecular weight excluding hydrogens is 316 g/mol. The number of halogens is 1. The summed E-state index contributed by atoms with van der Waals surface area (Å²) in [4.78, 5) is 26.6. The van der Waals surface area contributed by atoms with Crippen molar-refractivity contribution in [2.24, 2.45) is 5.92 Å². The van der Waals surface area contributed by atoms with Crippen molar-refractivity contribution in [3.63, 3.8) is 0 Å². The first-order valence-corrected chi connectivity index (χ1v) is 8.40. The van der Waals surface area contributed by atoms with Gasteiger partial charge in [-0.05, 0) is 31.0 Å². The van der Waals surface area contributed by atoms with E-state index >= 15 is 0 Å². The maximum atomic E-state index is 12.5. The maximum Gasteiger partial charge on any atom is 0.229 e. The highest BCUT2D eigenvalue weighted by molar-refractivity contribution is 6.31. The van der Waals surface area contributed by atoms with Crippen LogP contribution in [0.15, 0.2) is 18.2 Å². The van der Waals surface area contributed by atoms with Gasteiger partial charge in [0, 0.05) is 24.0 Å². The molecule has 0 radical (unpaired) electrons. The van der Waals surface area contributed by atoms with Crippen LogP contribution < -0.4 is 10.1 Å². The minimum atomic E-state index is -0.313. The number of carbonyl (C=O) groups excluding carboxylic acids is 2. The molecule has 23 heavy (non-hydrogen) atoms. The summed E-state index contributed by atoms with van der Waals surface area (Å²) in [5.74, 6) is 0.182. The van der Waals surface area contributed by atoms with E-state index < -0.39 is 0 Å². The van der Waals surface area contributed by atoms with Crippen LogP contribution in [0.2, 0.25) is 5.02 Å². The monoisotopic (exact) mass is 336 g/mol. The molecule has 2 aliphatic rings. The highest BCUT2D eigenvalue weighted by Crippen LogP contribution is 2.32. The second-order valence-corrected chi connectivity index (χ2v) is 6.66. The zero-order valence-electron chi connectivity index (χ0n) is 13.2. The molecule has 1 aromatic rings. The highest BCUT2D eigenvalue weighted by atomic mass is 35.5. The van der Waals surface area contributed by atoms with Gasteiger partial charge in [0.05, 0.1) is 18.7 Å². The molecule has 1 atom stereocenters. The Balaban J connectivity index is 1.67. The van der Waals surface area contributed by atoms with Crippen molar-refractivity contribution in [3.8, 4) is 5.75 Å². The number of rotatable bonds is 4. The van der Waals surface area contributed by atoms with Crippen LogP contribution in [0, 0.1) is 5.92 Å². The van der Waals surface area contributed by atoms with Gasteiger partial charge in [0.1, 0.15) is 5.75 Å². The maximum absolute atomic E-state index is 12.5.